The highest BCUT2D eigenvalue weighted by Crippen LogP contribution is 2.23. The van der Waals surface area contributed by atoms with E-state index in [-0.39, 0.29) is 5.76 Å². The van der Waals surface area contributed by atoms with Gasteiger partial charge in [-0.05, 0) is 10.8 Å². The zero-order valence-corrected chi connectivity index (χ0v) is 9.03. The van der Waals surface area contributed by atoms with Gasteiger partial charge < -0.3 is 5.11 Å². The van der Waals surface area contributed by atoms with Crippen molar-refractivity contribution in [3.8, 4) is 0 Å². The standard InChI is InChI=1S/C12H9BrO/c13-8-12(14)11-7-3-5-9-4-1-2-6-10(9)11/h1-8,14H. The van der Waals surface area contributed by atoms with Crippen molar-refractivity contribution in [1.82, 2.24) is 0 Å². The number of aliphatic hydroxyl groups is 1. The number of hydrogen-bond acceptors (Lipinski definition) is 1. The van der Waals surface area contributed by atoms with Gasteiger partial charge in [0.2, 0.25) is 0 Å². The van der Waals surface area contributed by atoms with Gasteiger partial charge in [0.1, 0.15) is 5.76 Å². The first kappa shape index (κ1) is 9.28. The molecule has 0 aliphatic rings. The molecule has 2 heteroatoms. The molecule has 2 aromatic carbocycles. The van der Waals surface area contributed by atoms with E-state index in [4.69, 9.17) is 0 Å². The minimum Gasteiger partial charge on any atom is -0.507 e. The van der Waals surface area contributed by atoms with E-state index in [1.54, 1.807) is 0 Å². The van der Waals surface area contributed by atoms with Crippen LogP contribution in [0, 0.1) is 0 Å². The Morgan fingerprint density at radius 2 is 1.79 bits per heavy atom. The Labute approximate surface area is 90.8 Å². The van der Waals surface area contributed by atoms with Crippen LogP contribution in [0.3, 0.4) is 0 Å². The van der Waals surface area contributed by atoms with E-state index < -0.39 is 0 Å². The van der Waals surface area contributed by atoms with Crippen molar-refractivity contribution in [3.05, 3.63) is 53.0 Å². The van der Waals surface area contributed by atoms with Gasteiger partial charge in [0, 0.05) is 10.5 Å². The quantitative estimate of drug-likeness (QED) is 0.754. The highest BCUT2D eigenvalue weighted by molar-refractivity contribution is 9.11. The largest absolute Gasteiger partial charge is 0.507 e. The summed E-state index contributed by atoms with van der Waals surface area (Å²) < 4.78 is 0. The van der Waals surface area contributed by atoms with Crippen molar-refractivity contribution >= 4 is 32.5 Å². The summed E-state index contributed by atoms with van der Waals surface area (Å²) in [5.41, 5.74) is 0.847. The molecule has 0 saturated heterocycles. The first-order chi connectivity index (χ1) is 6.83. The number of rotatable bonds is 1. The van der Waals surface area contributed by atoms with Gasteiger partial charge in [-0.15, -0.1) is 0 Å². The van der Waals surface area contributed by atoms with Crippen LogP contribution in [-0.4, -0.2) is 5.11 Å². The van der Waals surface area contributed by atoms with Gasteiger partial charge in [0.05, 0.1) is 0 Å². The van der Waals surface area contributed by atoms with Gasteiger partial charge in [0.15, 0.2) is 0 Å². The van der Waals surface area contributed by atoms with Crippen molar-refractivity contribution in [2.24, 2.45) is 0 Å². The molecule has 0 aromatic heterocycles. The molecule has 1 N–H and O–H groups in total. The molecule has 1 nitrogen and oxygen atoms in total. The Morgan fingerprint density at radius 3 is 2.57 bits per heavy atom. The molecule has 0 spiro atoms. The normalized spacial score (nSPS) is 11.9. The predicted octanol–water partition coefficient (Wildman–Crippen LogP) is 4.09. The van der Waals surface area contributed by atoms with Gasteiger partial charge in [-0.1, -0.05) is 58.4 Å². The Hall–Kier alpha value is -1.28. The maximum atomic E-state index is 9.64. The second-order valence-electron chi connectivity index (χ2n) is 3.02. The van der Waals surface area contributed by atoms with Crippen molar-refractivity contribution in [2.45, 2.75) is 0 Å². The SMILES string of the molecule is OC(=CBr)c1cccc2ccccc12. The second-order valence-corrected chi connectivity index (χ2v) is 3.48. The number of hydrogen-bond donors (Lipinski definition) is 1. The molecule has 2 aromatic rings. The van der Waals surface area contributed by atoms with E-state index in [0.717, 1.165) is 16.3 Å². The van der Waals surface area contributed by atoms with E-state index in [2.05, 4.69) is 15.9 Å². The maximum Gasteiger partial charge on any atom is 0.130 e. The molecular formula is C12H9BrO. The van der Waals surface area contributed by atoms with Crippen molar-refractivity contribution < 1.29 is 5.11 Å². The summed E-state index contributed by atoms with van der Waals surface area (Å²) in [7, 11) is 0. The molecule has 14 heavy (non-hydrogen) atoms. The van der Waals surface area contributed by atoms with Crippen molar-refractivity contribution in [1.29, 1.82) is 0 Å². The van der Waals surface area contributed by atoms with Crippen LogP contribution in [0.1, 0.15) is 5.56 Å². The minimum atomic E-state index is 0.252. The van der Waals surface area contributed by atoms with Crippen LogP contribution in [0.2, 0.25) is 0 Å². The highest BCUT2D eigenvalue weighted by atomic mass is 79.9. The monoisotopic (exact) mass is 248 g/mol. The molecule has 2 rings (SSSR count). The van der Waals surface area contributed by atoms with Gasteiger partial charge in [-0.2, -0.15) is 0 Å². The molecule has 0 fully saturated rings. The van der Waals surface area contributed by atoms with Crippen LogP contribution in [0.4, 0.5) is 0 Å². The van der Waals surface area contributed by atoms with Crippen LogP contribution < -0.4 is 0 Å². The Kier molecular flexibility index (Phi) is 2.55. The fraction of sp³-hybridized carbons (Fsp3) is 0. The van der Waals surface area contributed by atoms with E-state index in [1.807, 2.05) is 42.5 Å². The van der Waals surface area contributed by atoms with Gasteiger partial charge in [-0.25, -0.2) is 0 Å². The minimum absolute atomic E-state index is 0.252. The van der Waals surface area contributed by atoms with Crippen molar-refractivity contribution in [3.63, 3.8) is 0 Å². The number of benzene rings is 2. The molecule has 0 saturated carbocycles. The third-order valence-electron chi connectivity index (χ3n) is 2.17. The van der Waals surface area contributed by atoms with E-state index in [9.17, 15) is 5.11 Å². The molecule has 0 atom stereocenters. The zero-order chi connectivity index (χ0) is 9.97. The summed E-state index contributed by atoms with van der Waals surface area (Å²) in [5.74, 6) is 0.252. The lowest BCUT2D eigenvalue weighted by atomic mass is 10.0. The fourth-order valence-corrected chi connectivity index (χ4v) is 1.75. The first-order valence-corrected chi connectivity index (χ1v) is 5.22. The number of halogens is 1. The third-order valence-corrected chi connectivity index (χ3v) is 2.60. The lowest BCUT2D eigenvalue weighted by Gasteiger charge is -2.04. The average molecular weight is 249 g/mol. The Morgan fingerprint density at radius 1 is 1.07 bits per heavy atom. The van der Waals surface area contributed by atoms with Gasteiger partial charge >= 0.3 is 0 Å². The fourth-order valence-electron chi connectivity index (χ4n) is 1.51. The van der Waals surface area contributed by atoms with Crippen LogP contribution in [0.15, 0.2) is 47.4 Å². The van der Waals surface area contributed by atoms with E-state index in [1.165, 1.54) is 4.99 Å². The summed E-state index contributed by atoms with van der Waals surface area (Å²) in [6, 6.07) is 13.8. The van der Waals surface area contributed by atoms with Crippen LogP contribution in [0.25, 0.3) is 16.5 Å². The van der Waals surface area contributed by atoms with E-state index in [0.29, 0.717) is 0 Å². The summed E-state index contributed by atoms with van der Waals surface area (Å²) in [6.45, 7) is 0. The smallest absolute Gasteiger partial charge is 0.130 e. The molecule has 0 heterocycles. The van der Waals surface area contributed by atoms with Crippen LogP contribution in [-0.2, 0) is 0 Å². The van der Waals surface area contributed by atoms with Gasteiger partial charge in [-0.3, -0.25) is 0 Å². The molecule has 0 unspecified atom stereocenters. The second kappa shape index (κ2) is 3.84. The molecule has 0 radical (unpaired) electrons. The molecule has 70 valence electrons. The summed E-state index contributed by atoms with van der Waals surface area (Å²) in [4.78, 5) is 1.52. The lowest BCUT2D eigenvalue weighted by Crippen LogP contribution is -1.83. The highest BCUT2D eigenvalue weighted by Gasteiger charge is 2.02. The maximum absolute atomic E-state index is 9.64. The molecule has 0 aliphatic heterocycles. The Bertz CT molecular complexity index is 483. The summed E-state index contributed by atoms with van der Waals surface area (Å²) in [6.07, 6.45) is 0. The van der Waals surface area contributed by atoms with Crippen molar-refractivity contribution in [2.75, 3.05) is 0 Å². The average Bonchev–Trinajstić information content (AvgIpc) is 2.27. The predicted molar refractivity (Wildman–Crippen MR) is 63.5 cm³/mol. The van der Waals surface area contributed by atoms with Crippen LogP contribution in [0.5, 0.6) is 0 Å². The topological polar surface area (TPSA) is 20.2 Å². The third kappa shape index (κ3) is 1.53. The Balaban J connectivity index is 2.77. The van der Waals surface area contributed by atoms with E-state index >= 15 is 0 Å². The molecular weight excluding hydrogens is 240 g/mol. The number of aliphatic hydroxyl groups excluding tert-OH is 1. The van der Waals surface area contributed by atoms with Crippen LogP contribution >= 0.6 is 15.9 Å². The summed E-state index contributed by atoms with van der Waals surface area (Å²) >= 11 is 3.13. The van der Waals surface area contributed by atoms with Gasteiger partial charge in [0.25, 0.3) is 0 Å². The first-order valence-electron chi connectivity index (χ1n) is 4.30. The summed E-state index contributed by atoms with van der Waals surface area (Å²) in [5, 5.41) is 11.8. The number of fused-ring (bicyclic) bond motifs is 1. The molecule has 0 bridgehead atoms. The molecule has 0 aliphatic carbocycles. The molecule has 0 amide bonds. The lowest BCUT2D eigenvalue weighted by molar-refractivity contribution is 0.514. The zero-order valence-electron chi connectivity index (χ0n) is 7.44.